The van der Waals surface area contributed by atoms with Crippen molar-refractivity contribution < 1.29 is 12.8 Å². The van der Waals surface area contributed by atoms with Crippen LogP contribution in [-0.4, -0.2) is 60.5 Å². The summed E-state index contributed by atoms with van der Waals surface area (Å²) in [5.41, 5.74) is 2.82. The van der Waals surface area contributed by atoms with Crippen molar-refractivity contribution in [1.29, 1.82) is 0 Å². The van der Waals surface area contributed by atoms with Gasteiger partial charge >= 0.3 is 0 Å². The number of aryl methyl sites for hydroxylation is 1. The Hall–Kier alpha value is -2.55. The van der Waals surface area contributed by atoms with E-state index in [1.54, 1.807) is 4.31 Å². The minimum Gasteiger partial charge on any atom is -0.421 e. The second-order valence-electron chi connectivity index (χ2n) is 7.60. The molecular weight excluding hydrogens is 400 g/mol. The molecular formula is C22H26N4O3S. The Kier molecular flexibility index (Phi) is 6.26. The summed E-state index contributed by atoms with van der Waals surface area (Å²) in [7, 11) is -3.31. The zero-order chi connectivity index (χ0) is 21.0. The van der Waals surface area contributed by atoms with Gasteiger partial charge in [0.15, 0.2) is 0 Å². The van der Waals surface area contributed by atoms with Crippen LogP contribution in [-0.2, 0) is 22.2 Å². The number of benzene rings is 2. The Bertz CT molecular complexity index is 1070. The van der Waals surface area contributed by atoms with Crippen LogP contribution >= 0.6 is 0 Å². The molecule has 0 amide bonds. The Morgan fingerprint density at radius 2 is 1.73 bits per heavy atom. The topological polar surface area (TPSA) is 79.5 Å². The molecule has 1 aromatic heterocycles. The van der Waals surface area contributed by atoms with Gasteiger partial charge < -0.3 is 9.32 Å². The van der Waals surface area contributed by atoms with Crippen molar-refractivity contribution >= 4 is 10.0 Å². The van der Waals surface area contributed by atoms with Gasteiger partial charge in [-0.05, 0) is 24.6 Å². The predicted molar refractivity (Wildman–Crippen MR) is 115 cm³/mol. The molecule has 1 aliphatic rings. The van der Waals surface area contributed by atoms with Gasteiger partial charge in [0.1, 0.15) is 0 Å². The van der Waals surface area contributed by atoms with Gasteiger partial charge in [0, 0.05) is 44.7 Å². The third kappa shape index (κ3) is 5.13. The van der Waals surface area contributed by atoms with E-state index in [1.807, 2.05) is 61.5 Å². The van der Waals surface area contributed by atoms with Crippen LogP contribution < -0.4 is 0 Å². The van der Waals surface area contributed by atoms with Gasteiger partial charge in [-0.15, -0.1) is 10.2 Å². The van der Waals surface area contributed by atoms with Crippen molar-refractivity contribution in [3.8, 4) is 11.5 Å². The fourth-order valence-electron chi connectivity index (χ4n) is 3.64. The van der Waals surface area contributed by atoms with Crippen molar-refractivity contribution in [2.24, 2.45) is 0 Å². The van der Waals surface area contributed by atoms with Crippen molar-refractivity contribution in [2.75, 3.05) is 32.7 Å². The van der Waals surface area contributed by atoms with Gasteiger partial charge in [-0.2, -0.15) is 4.31 Å². The number of nitrogens with zero attached hydrogens (tertiary/aromatic N) is 4. The van der Waals surface area contributed by atoms with Crippen LogP contribution in [0.15, 0.2) is 59.0 Å². The number of sulfonamides is 1. The lowest BCUT2D eigenvalue weighted by molar-refractivity contribution is 0.187. The molecule has 158 valence electrons. The highest BCUT2D eigenvalue weighted by atomic mass is 32.2. The molecule has 2 aromatic carbocycles. The van der Waals surface area contributed by atoms with Gasteiger partial charge in [-0.3, -0.25) is 0 Å². The average molecular weight is 427 g/mol. The highest BCUT2D eigenvalue weighted by Crippen LogP contribution is 2.18. The maximum Gasteiger partial charge on any atom is 0.247 e. The predicted octanol–water partition coefficient (Wildman–Crippen LogP) is 2.74. The molecule has 0 aliphatic carbocycles. The normalized spacial score (nSPS) is 16.0. The number of hydrogen-bond acceptors (Lipinski definition) is 6. The standard InChI is InChI=1S/C22H26N4O3S/c1-18-6-5-7-19(16-18)17-30(27,28)26-14-12-25(13-15-26)11-10-21-23-24-22(29-21)20-8-3-2-4-9-20/h2-9,16H,10-15,17H2,1H3. The molecule has 7 nitrogen and oxygen atoms in total. The summed E-state index contributed by atoms with van der Waals surface area (Å²) in [6.07, 6.45) is 0.649. The molecule has 4 rings (SSSR count). The molecule has 0 radical (unpaired) electrons. The van der Waals surface area contributed by atoms with Crippen LogP contribution in [0.25, 0.3) is 11.5 Å². The Morgan fingerprint density at radius 3 is 2.47 bits per heavy atom. The number of hydrogen-bond donors (Lipinski definition) is 0. The summed E-state index contributed by atoms with van der Waals surface area (Å²) in [6.45, 7) is 5.16. The first-order valence-electron chi connectivity index (χ1n) is 10.1. The zero-order valence-corrected chi connectivity index (χ0v) is 17.9. The monoisotopic (exact) mass is 426 g/mol. The van der Waals surface area contributed by atoms with Gasteiger partial charge in [-0.1, -0.05) is 48.0 Å². The van der Waals surface area contributed by atoms with Crippen LogP contribution in [0.2, 0.25) is 0 Å². The van der Waals surface area contributed by atoms with Crippen molar-refractivity contribution in [1.82, 2.24) is 19.4 Å². The van der Waals surface area contributed by atoms with Crippen molar-refractivity contribution in [2.45, 2.75) is 19.1 Å². The zero-order valence-electron chi connectivity index (χ0n) is 17.1. The molecule has 30 heavy (non-hydrogen) atoms. The number of aromatic nitrogens is 2. The fraction of sp³-hybridized carbons (Fsp3) is 0.364. The van der Waals surface area contributed by atoms with Gasteiger partial charge in [0.05, 0.1) is 5.75 Å². The number of rotatable bonds is 7. The number of piperazine rings is 1. The highest BCUT2D eigenvalue weighted by molar-refractivity contribution is 7.88. The van der Waals surface area contributed by atoms with Crippen molar-refractivity contribution in [3.63, 3.8) is 0 Å². The second kappa shape index (κ2) is 9.07. The van der Waals surface area contributed by atoms with Crippen LogP contribution in [0.3, 0.4) is 0 Å². The highest BCUT2D eigenvalue weighted by Gasteiger charge is 2.27. The summed E-state index contributed by atoms with van der Waals surface area (Å²) >= 11 is 0. The molecule has 0 atom stereocenters. The first kappa shape index (κ1) is 20.7. The Labute approximate surface area is 177 Å². The lowest BCUT2D eigenvalue weighted by atomic mass is 10.2. The van der Waals surface area contributed by atoms with Gasteiger partial charge in [0.25, 0.3) is 0 Å². The summed E-state index contributed by atoms with van der Waals surface area (Å²) < 4.78 is 32.9. The largest absolute Gasteiger partial charge is 0.421 e. The summed E-state index contributed by atoms with van der Waals surface area (Å²) in [4.78, 5) is 2.24. The van der Waals surface area contributed by atoms with Gasteiger partial charge in [0.2, 0.25) is 21.8 Å². The smallest absolute Gasteiger partial charge is 0.247 e. The van der Waals surface area contributed by atoms with Gasteiger partial charge in [-0.25, -0.2) is 8.42 Å². The van der Waals surface area contributed by atoms with Crippen LogP contribution in [0.1, 0.15) is 17.0 Å². The van der Waals surface area contributed by atoms with E-state index in [1.165, 1.54) is 0 Å². The first-order chi connectivity index (χ1) is 14.5. The molecule has 0 bridgehead atoms. The molecule has 0 spiro atoms. The third-order valence-electron chi connectivity index (χ3n) is 5.29. The first-order valence-corrected chi connectivity index (χ1v) is 11.7. The van der Waals surface area contributed by atoms with E-state index < -0.39 is 10.0 Å². The van der Waals surface area contributed by atoms with E-state index in [9.17, 15) is 8.42 Å². The SMILES string of the molecule is Cc1cccc(CS(=O)(=O)N2CCN(CCc3nnc(-c4ccccc4)o3)CC2)c1. The van der Waals surface area contributed by atoms with Crippen LogP contribution in [0, 0.1) is 6.92 Å². The Balaban J connectivity index is 1.27. The maximum absolute atomic E-state index is 12.8. The quantitative estimate of drug-likeness (QED) is 0.578. The van der Waals surface area contributed by atoms with E-state index in [0.29, 0.717) is 44.4 Å². The minimum absolute atomic E-state index is 0.0545. The average Bonchev–Trinajstić information content (AvgIpc) is 3.22. The lowest BCUT2D eigenvalue weighted by Gasteiger charge is -2.33. The Morgan fingerprint density at radius 1 is 0.967 bits per heavy atom. The van der Waals surface area contributed by atoms with E-state index in [2.05, 4.69) is 15.1 Å². The van der Waals surface area contributed by atoms with E-state index in [4.69, 9.17) is 4.42 Å². The molecule has 3 aromatic rings. The van der Waals surface area contributed by atoms with Crippen molar-refractivity contribution in [3.05, 3.63) is 71.6 Å². The molecule has 1 fully saturated rings. The summed E-state index contributed by atoms with van der Waals surface area (Å²) in [6, 6.07) is 17.4. The lowest BCUT2D eigenvalue weighted by Crippen LogP contribution is -2.49. The molecule has 0 unspecified atom stereocenters. The van der Waals surface area contributed by atoms with E-state index in [-0.39, 0.29) is 5.75 Å². The molecule has 0 N–H and O–H groups in total. The molecule has 1 aliphatic heterocycles. The molecule has 0 saturated carbocycles. The van der Waals surface area contributed by atoms with Crippen LogP contribution in [0.4, 0.5) is 0 Å². The summed E-state index contributed by atoms with van der Waals surface area (Å²) in [5.74, 6) is 1.18. The molecule has 2 heterocycles. The second-order valence-corrected chi connectivity index (χ2v) is 9.57. The molecule has 8 heteroatoms. The third-order valence-corrected chi connectivity index (χ3v) is 7.14. The minimum atomic E-state index is -3.31. The maximum atomic E-state index is 12.8. The summed E-state index contributed by atoms with van der Waals surface area (Å²) in [5, 5.41) is 8.25. The molecule has 1 saturated heterocycles. The van der Waals surface area contributed by atoms with Crippen LogP contribution in [0.5, 0.6) is 0 Å². The fourth-order valence-corrected chi connectivity index (χ4v) is 5.14. The van der Waals surface area contributed by atoms with E-state index >= 15 is 0 Å². The van der Waals surface area contributed by atoms with E-state index in [0.717, 1.165) is 23.2 Å².